The zero-order valence-corrected chi connectivity index (χ0v) is 29.9. The van der Waals surface area contributed by atoms with Gasteiger partial charge in [-0.2, -0.15) is 108 Å². The summed E-state index contributed by atoms with van der Waals surface area (Å²) >= 11 is 1.30. The monoisotopic (exact) mass is 672 g/mol. The van der Waals surface area contributed by atoms with Gasteiger partial charge < -0.3 is 0 Å². The average molecular weight is 675 g/mol. The van der Waals surface area contributed by atoms with E-state index in [4.69, 9.17) is 0 Å². The second kappa shape index (κ2) is 20.6. The number of hydrogen-bond acceptors (Lipinski definition) is 0. The zero-order chi connectivity index (χ0) is 29.4. The molecule has 2 aliphatic rings. The van der Waals surface area contributed by atoms with Gasteiger partial charge in [-0.1, -0.05) is 76.9 Å². The fraction of sp³-hybridized carbons (Fsp3) is 0.256. The van der Waals surface area contributed by atoms with Crippen molar-refractivity contribution in [2.24, 2.45) is 0 Å². The molecule has 6 rings (SSSR count). The van der Waals surface area contributed by atoms with Crippen molar-refractivity contribution in [3.8, 4) is 11.1 Å². The van der Waals surface area contributed by atoms with Gasteiger partial charge in [-0.05, 0) is 17.3 Å². The molecule has 4 aromatic rings. The second-order valence-corrected chi connectivity index (χ2v) is 11.5. The normalized spacial score (nSPS) is 11.5. The van der Waals surface area contributed by atoms with Gasteiger partial charge in [0.25, 0.3) is 0 Å². The third-order valence-corrected chi connectivity index (χ3v) is 6.37. The Kier molecular flexibility index (Phi) is 19.4. The van der Waals surface area contributed by atoms with Crippen molar-refractivity contribution in [2.75, 3.05) is 0 Å². The van der Waals surface area contributed by atoms with Crippen LogP contribution in [0.3, 0.4) is 0 Å². The van der Waals surface area contributed by atoms with Crippen LogP contribution in [0.15, 0.2) is 109 Å². The minimum atomic E-state index is 0. The Morgan fingerprint density at radius 1 is 0.643 bits per heavy atom. The van der Waals surface area contributed by atoms with Gasteiger partial charge in [0, 0.05) is 0 Å². The van der Waals surface area contributed by atoms with Crippen LogP contribution in [0.2, 0.25) is 0 Å². The average Bonchev–Trinajstić information content (AvgIpc) is 3.67. The Labute approximate surface area is 283 Å². The molecule has 0 saturated heterocycles. The molecule has 0 spiro atoms. The maximum Gasteiger partial charge on any atom is -0.0253 e. The smallest absolute Gasteiger partial charge is 0.0253 e. The van der Waals surface area contributed by atoms with Crippen molar-refractivity contribution in [3.63, 3.8) is 0 Å². The van der Waals surface area contributed by atoms with Crippen LogP contribution in [0.25, 0.3) is 11.1 Å². The molecule has 0 unspecified atom stereocenters. The molecular weight excluding hydrogens is 631 g/mol. The van der Waals surface area contributed by atoms with E-state index in [0.717, 1.165) is 12.8 Å². The Morgan fingerprint density at radius 3 is 1.55 bits per heavy atom. The molecule has 0 nitrogen and oxygen atoms in total. The van der Waals surface area contributed by atoms with E-state index in [-0.39, 0.29) is 35.6 Å². The summed E-state index contributed by atoms with van der Waals surface area (Å²) in [7, 11) is 0. The van der Waals surface area contributed by atoms with E-state index in [1.54, 1.807) is 0 Å². The minimum absolute atomic E-state index is 0. The topological polar surface area (TPSA) is 0 Å². The van der Waals surface area contributed by atoms with Gasteiger partial charge in [0.1, 0.15) is 0 Å². The molecule has 222 valence electrons. The first kappa shape index (κ1) is 39.7. The quantitative estimate of drug-likeness (QED) is 0.143. The molecular formula is C39H44Cl2Zr-4. The second-order valence-electron chi connectivity index (χ2n) is 11.5. The van der Waals surface area contributed by atoms with E-state index in [2.05, 4.69) is 137 Å². The van der Waals surface area contributed by atoms with E-state index < -0.39 is 0 Å². The van der Waals surface area contributed by atoms with Gasteiger partial charge in [-0.15, -0.1) is 36.8 Å². The fourth-order valence-electron chi connectivity index (χ4n) is 4.11. The van der Waals surface area contributed by atoms with Crippen molar-refractivity contribution in [1.29, 1.82) is 0 Å². The first-order chi connectivity index (χ1) is 19.2. The zero-order valence-electron chi connectivity index (χ0n) is 25.8. The van der Waals surface area contributed by atoms with Gasteiger partial charge >= 0.3 is 28.4 Å². The Balaban J connectivity index is 0.000000534. The molecule has 0 atom stereocenters. The summed E-state index contributed by atoms with van der Waals surface area (Å²) in [6.45, 7) is 13.3. The summed E-state index contributed by atoms with van der Waals surface area (Å²) in [5, 5.41) is 0. The van der Waals surface area contributed by atoms with Crippen LogP contribution < -0.4 is 0 Å². The molecule has 0 radical (unpaired) electrons. The fourth-order valence-corrected chi connectivity index (χ4v) is 4.11. The molecule has 42 heavy (non-hydrogen) atoms. The summed E-state index contributed by atoms with van der Waals surface area (Å²) < 4.78 is 3.34. The largest absolute Gasteiger partial charge is 0.179 e. The van der Waals surface area contributed by atoms with Crippen LogP contribution in [0.5, 0.6) is 0 Å². The summed E-state index contributed by atoms with van der Waals surface area (Å²) in [5.74, 6) is 0. The number of fused-ring (bicyclic) bond motifs is 3. The molecule has 0 N–H and O–H groups in total. The molecule has 3 heteroatoms. The van der Waals surface area contributed by atoms with Crippen molar-refractivity contribution in [1.82, 2.24) is 0 Å². The van der Waals surface area contributed by atoms with E-state index in [0.29, 0.717) is 0 Å². The first-order valence-electron chi connectivity index (χ1n) is 13.7. The SMILES string of the molecule is CC(C)(C)c1cc[c-]cc1.CC(C)(C)c1cc[c-]cc1.Cl.Cl.[C-]1=CC=CC1.[CH2]=[Zr].[c-]1cccc2c1Cc1ccccc1-2. The van der Waals surface area contributed by atoms with Crippen LogP contribution in [0.1, 0.15) is 70.2 Å². The Hall–Kier alpha value is -2.31. The van der Waals surface area contributed by atoms with Gasteiger partial charge in [-0.25, -0.2) is 12.2 Å². The molecule has 0 aliphatic heterocycles. The molecule has 0 amide bonds. The standard InChI is InChI=1S/C13H9.2C10H13.C5H5.CH2.2ClH.Zr/c1-3-7-12-10(5-1)9-11-6-2-4-8-13(11)12;2*1-10(2,3)9-7-5-4-6-8-9;1-2-4-5-3-1;;;;/h1-5,7-8H,9H2;2*5-8H,1-3H3;1-3H,4H2;1H2;2*1H;/q4*-1;;;;. The number of rotatable bonds is 0. The minimum Gasteiger partial charge on any atom is -0.179 e. The van der Waals surface area contributed by atoms with Crippen LogP contribution >= 0.6 is 24.8 Å². The van der Waals surface area contributed by atoms with Crippen LogP contribution in [-0.2, 0) is 41.5 Å². The van der Waals surface area contributed by atoms with Crippen molar-refractivity contribution < 1.29 is 24.2 Å². The summed E-state index contributed by atoms with van der Waals surface area (Å²) in [5.41, 5.74) is 8.79. The van der Waals surface area contributed by atoms with Crippen LogP contribution in [-0.4, -0.2) is 4.21 Å². The van der Waals surface area contributed by atoms with Gasteiger partial charge in [0.2, 0.25) is 0 Å². The summed E-state index contributed by atoms with van der Waals surface area (Å²) in [4.78, 5) is 0. The van der Waals surface area contributed by atoms with E-state index in [9.17, 15) is 0 Å². The Morgan fingerprint density at radius 2 is 1.14 bits per heavy atom. The van der Waals surface area contributed by atoms with Crippen molar-refractivity contribution in [2.45, 2.75) is 65.2 Å². The summed E-state index contributed by atoms with van der Waals surface area (Å²) in [6.07, 6.45) is 11.0. The van der Waals surface area contributed by atoms with E-state index in [1.807, 2.05) is 42.5 Å². The van der Waals surface area contributed by atoms with Crippen LogP contribution in [0.4, 0.5) is 0 Å². The van der Waals surface area contributed by atoms with Crippen LogP contribution in [0, 0.1) is 24.3 Å². The third kappa shape index (κ3) is 13.8. The maximum absolute atomic E-state index is 3.34. The molecule has 0 bridgehead atoms. The molecule has 0 fully saturated rings. The molecule has 4 aromatic carbocycles. The predicted octanol–water partition coefficient (Wildman–Crippen LogP) is 10.7. The number of allylic oxidation sites excluding steroid dienone is 4. The molecule has 0 heterocycles. The van der Waals surface area contributed by atoms with E-state index >= 15 is 0 Å². The predicted molar refractivity (Wildman–Crippen MR) is 185 cm³/mol. The first-order valence-corrected chi connectivity index (χ1v) is 15.5. The van der Waals surface area contributed by atoms with Gasteiger partial charge in [0.15, 0.2) is 0 Å². The molecule has 0 saturated carbocycles. The molecule has 2 aliphatic carbocycles. The van der Waals surface area contributed by atoms with Gasteiger partial charge in [0.05, 0.1) is 0 Å². The summed E-state index contributed by atoms with van der Waals surface area (Å²) in [6, 6.07) is 40.4. The number of hydrogen-bond donors (Lipinski definition) is 0. The third-order valence-electron chi connectivity index (χ3n) is 6.37. The van der Waals surface area contributed by atoms with E-state index in [1.165, 1.54) is 57.6 Å². The van der Waals surface area contributed by atoms with Crippen molar-refractivity contribution in [3.05, 3.63) is 156 Å². The Bertz CT molecular complexity index is 1230. The maximum atomic E-state index is 3.34. The number of benzene rings is 4. The number of halogens is 2. The van der Waals surface area contributed by atoms with Gasteiger partial charge in [-0.3, -0.25) is 6.08 Å². The molecule has 0 aromatic heterocycles. The van der Waals surface area contributed by atoms with Crippen molar-refractivity contribution >= 4 is 29.0 Å².